The maximum absolute atomic E-state index is 14.8. The topological polar surface area (TPSA) is 117 Å². The second-order valence-corrected chi connectivity index (χ2v) is 13.5. The summed E-state index contributed by atoms with van der Waals surface area (Å²) in [5, 5.41) is 21.9. The summed E-state index contributed by atoms with van der Waals surface area (Å²) < 4.78 is 28.3. The molecule has 0 aliphatic heterocycles. The maximum Gasteiger partial charge on any atom is 0.355 e. The molecular weight excluding hydrogens is 592 g/mol. The van der Waals surface area contributed by atoms with Crippen molar-refractivity contribution >= 4 is 52.2 Å². The summed E-state index contributed by atoms with van der Waals surface area (Å²) in [6, 6.07) is 16.8. The largest absolute Gasteiger partial charge is 0.593 e. The number of carboxylic acids is 1. The van der Waals surface area contributed by atoms with Crippen LogP contribution in [0.5, 0.6) is 0 Å². The predicted octanol–water partition coefficient (Wildman–Crippen LogP) is 6.90. The van der Waals surface area contributed by atoms with E-state index >= 15 is 0 Å². The van der Waals surface area contributed by atoms with Crippen molar-refractivity contribution in [3.05, 3.63) is 104 Å². The number of nitrogens with zero attached hydrogens (tertiary/aromatic N) is 3. The minimum Gasteiger partial charge on any atom is -0.593 e. The van der Waals surface area contributed by atoms with Gasteiger partial charge in [-0.05, 0) is 79.6 Å². The lowest BCUT2D eigenvalue weighted by Gasteiger charge is -2.10. The molecule has 1 unspecified atom stereocenters. The number of hydrogen-bond acceptors (Lipinski definition) is 7. The highest BCUT2D eigenvalue weighted by Crippen LogP contribution is 2.38. The Hall–Kier alpha value is -3.61. The minimum atomic E-state index is -1.93. The molecule has 3 heterocycles. The number of carbonyl (C=O) groups is 1. The van der Waals surface area contributed by atoms with Crippen LogP contribution in [0.4, 0.5) is 4.39 Å². The molecular formula is C31H27FN4O3S3. The maximum atomic E-state index is 14.8. The molecule has 0 spiro atoms. The van der Waals surface area contributed by atoms with Crippen molar-refractivity contribution in [3.63, 3.8) is 0 Å². The number of carboxylic acid groups (broad SMARTS) is 1. The average Bonchev–Trinajstić information content (AvgIpc) is 3.31. The lowest BCUT2D eigenvalue weighted by Crippen LogP contribution is -2.14. The summed E-state index contributed by atoms with van der Waals surface area (Å²) >= 11 is 1.03. The molecule has 1 fully saturated rings. The number of benzene rings is 2. The van der Waals surface area contributed by atoms with Gasteiger partial charge in [0.2, 0.25) is 10.0 Å². The highest BCUT2D eigenvalue weighted by Gasteiger charge is 2.29. The zero-order valence-electron chi connectivity index (χ0n) is 22.6. The highest BCUT2D eigenvalue weighted by atomic mass is 32.2. The van der Waals surface area contributed by atoms with Crippen molar-refractivity contribution in [1.82, 2.24) is 14.8 Å². The van der Waals surface area contributed by atoms with Crippen molar-refractivity contribution in [3.8, 4) is 16.4 Å². The van der Waals surface area contributed by atoms with Crippen LogP contribution in [0.2, 0.25) is 0 Å². The fraction of sp³-hybridized carbons (Fsp3) is 0.194. The van der Waals surface area contributed by atoms with Gasteiger partial charge in [0.1, 0.15) is 0 Å². The molecule has 214 valence electrons. The SMILES string of the molecule is Cc1ccc(/C=C/c2cccc(-c3nn(-c4nc(C(=O)O)cs4)c(CC4CC4)c3Cc3ccc([S+](N)[O-])c(F)c3)c2)s1. The monoisotopic (exact) mass is 618 g/mol. The number of aryl methyl sites for hydroxylation is 1. The Kier molecular flexibility index (Phi) is 8.11. The van der Waals surface area contributed by atoms with Crippen molar-refractivity contribution in [2.45, 2.75) is 37.5 Å². The molecule has 1 aliphatic rings. The van der Waals surface area contributed by atoms with Crippen LogP contribution < -0.4 is 5.14 Å². The lowest BCUT2D eigenvalue weighted by atomic mass is 9.96. The van der Waals surface area contributed by atoms with E-state index in [1.165, 1.54) is 33.7 Å². The van der Waals surface area contributed by atoms with E-state index in [0.29, 0.717) is 23.0 Å². The fourth-order valence-corrected chi connectivity index (χ4v) is 6.86. The van der Waals surface area contributed by atoms with Gasteiger partial charge in [-0.15, -0.1) is 27.8 Å². The number of thiophene rings is 1. The molecule has 3 N–H and O–H groups in total. The van der Waals surface area contributed by atoms with Gasteiger partial charge in [0.15, 0.2) is 11.5 Å². The molecule has 6 rings (SSSR count). The van der Waals surface area contributed by atoms with Crippen LogP contribution in [0.15, 0.2) is 64.9 Å². The van der Waals surface area contributed by atoms with Gasteiger partial charge >= 0.3 is 5.97 Å². The van der Waals surface area contributed by atoms with E-state index in [1.54, 1.807) is 22.1 Å². The van der Waals surface area contributed by atoms with E-state index in [2.05, 4.69) is 42.3 Å². The number of rotatable bonds is 10. The Morgan fingerprint density at radius 2 is 2.05 bits per heavy atom. The molecule has 7 nitrogen and oxygen atoms in total. The fourth-order valence-electron chi connectivity index (χ4n) is 4.86. The summed E-state index contributed by atoms with van der Waals surface area (Å²) in [5.74, 6) is -1.22. The van der Waals surface area contributed by atoms with Crippen LogP contribution >= 0.6 is 22.7 Å². The third-order valence-electron chi connectivity index (χ3n) is 7.12. The van der Waals surface area contributed by atoms with Crippen LogP contribution in [0.1, 0.15) is 55.5 Å². The van der Waals surface area contributed by atoms with E-state index in [1.807, 2.05) is 18.2 Å². The normalized spacial score (nSPS) is 14.1. The van der Waals surface area contributed by atoms with Gasteiger partial charge in [0.05, 0.1) is 22.7 Å². The van der Waals surface area contributed by atoms with Gasteiger partial charge in [0.25, 0.3) is 0 Å². The van der Waals surface area contributed by atoms with Gasteiger partial charge < -0.3 is 9.66 Å². The number of hydrogen-bond donors (Lipinski definition) is 2. The first-order valence-electron chi connectivity index (χ1n) is 13.3. The first-order chi connectivity index (χ1) is 20.2. The van der Waals surface area contributed by atoms with E-state index < -0.39 is 23.1 Å². The summed E-state index contributed by atoms with van der Waals surface area (Å²) in [6.45, 7) is 2.08. The highest BCUT2D eigenvalue weighted by molar-refractivity contribution is 7.89. The van der Waals surface area contributed by atoms with Gasteiger partial charge in [0, 0.05) is 32.7 Å². The quantitative estimate of drug-likeness (QED) is 0.165. The van der Waals surface area contributed by atoms with Gasteiger partial charge in [-0.1, -0.05) is 30.3 Å². The number of halogens is 1. The molecule has 3 aromatic heterocycles. The third kappa shape index (κ3) is 6.25. The Labute approximate surface area is 253 Å². The van der Waals surface area contributed by atoms with E-state index in [9.17, 15) is 18.8 Å². The van der Waals surface area contributed by atoms with Gasteiger partial charge in [-0.25, -0.2) is 18.9 Å². The molecule has 42 heavy (non-hydrogen) atoms. The standard InChI is InChI=1S/C31H27FN4O3S3/c1-18-5-10-23(41-18)11-8-19-3-2-4-22(13-19)29-24(14-21-9-12-28(42(33)39)25(32)15-21)27(16-20-6-7-20)36(35-29)31-34-26(17-40-31)30(37)38/h2-5,8-13,15,17,20H,6-7,14,16,33H2,1H3,(H,37,38)/b11-8+. The molecule has 2 aromatic carbocycles. The lowest BCUT2D eigenvalue weighted by molar-refractivity contribution is 0.0691. The van der Waals surface area contributed by atoms with Crippen LogP contribution in [0, 0.1) is 18.7 Å². The molecule has 0 radical (unpaired) electrons. The zero-order chi connectivity index (χ0) is 29.4. The number of thiazole rings is 1. The Balaban J connectivity index is 1.47. The van der Waals surface area contributed by atoms with Crippen LogP contribution in [0.25, 0.3) is 28.5 Å². The van der Waals surface area contributed by atoms with Crippen LogP contribution in [-0.4, -0.2) is 30.4 Å². The molecule has 0 saturated heterocycles. The van der Waals surface area contributed by atoms with E-state index in [4.69, 9.17) is 10.2 Å². The molecule has 1 saturated carbocycles. The van der Waals surface area contributed by atoms with Crippen LogP contribution in [-0.2, 0) is 24.2 Å². The zero-order valence-corrected chi connectivity index (χ0v) is 25.1. The van der Waals surface area contributed by atoms with E-state index in [0.717, 1.165) is 52.2 Å². The summed E-state index contributed by atoms with van der Waals surface area (Å²) in [4.78, 5) is 18.3. The van der Waals surface area contributed by atoms with Gasteiger partial charge in [-0.3, -0.25) is 0 Å². The third-order valence-corrected chi connectivity index (χ3v) is 9.66. The molecule has 0 amide bonds. The molecule has 11 heteroatoms. The van der Waals surface area contributed by atoms with E-state index in [-0.39, 0.29) is 10.6 Å². The Morgan fingerprint density at radius 3 is 2.71 bits per heavy atom. The summed E-state index contributed by atoms with van der Waals surface area (Å²) in [7, 11) is 0. The van der Waals surface area contributed by atoms with Crippen molar-refractivity contribution < 1.29 is 18.8 Å². The smallest absolute Gasteiger partial charge is 0.355 e. The van der Waals surface area contributed by atoms with Crippen molar-refractivity contribution in [2.75, 3.05) is 0 Å². The first kappa shape index (κ1) is 28.5. The number of aromatic nitrogens is 3. The second-order valence-electron chi connectivity index (χ2n) is 10.3. The number of aromatic carboxylic acids is 1. The average molecular weight is 619 g/mol. The second kappa shape index (κ2) is 11.9. The first-order valence-corrected chi connectivity index (χ1v) is 16.3. The van der Waals surface area contributed by atoms with Gasteiger partial charge in [-0.2, -0.15) is 5.10 Å². The Morgan fingerprint density at radius 1 is 1.21 bits per heavy atom. The minimum absolute atomic E-state index is 0.0330. The molecule has 1 aliphatic carbocycles. The summed E-state index contributed by atoms with van der Waals surface area (Å²) in [5.41, 5.74) is 5.13. The predicted molar refractivity (Wildman–Crippen MR) is 166 cm³/mol. The molecule has 0 bridgehead atoms. The number of nitrogens with two attached hydrogens (primary N) is 1. The van der Waals surface area contributed by atoms with Crippen LogP contribution in [0.3, 0.4) is 0 Å². The summed E-state index contributed by atoms with van der Waals surface area (Å²) in [6.07, 6.45) is 7.48. The molecule has 1 atom stereocenters. The van der Waals surface area contributed by atoms with Crippen molar-refractivity contribution in [2.24, 2.45) is 11.1 Å². The Bertz CT molecular complexity index is 1800. The molecule has 5 aromatic rings. The van der Waals surface area contributed by atoms with Crippen molar-refractivity contribution in [1.29, 1.82) is 0 Å².